The second-order valence-corrected chi connectivity index (χ2v) is 12.2. The number of hydrogen-bond acceptors (Lipinski definition) is 7. The van der Waals surface area contributed by atoms with Crippen molar-refractivity contribution in [2.45, 2.75) is 51.2 Å². The normalized spacial score (nSPS) is 21.5. The number of nitrogens with one attached hydrogen (secondary N) is 1. The molecular weight excluding hydrogens is 542 g/mol. The molecule has 220 valence electrons. The van der Waals surface area contributed by atoms with E-state index in [1.165, 1.54) is 12.1 Å². The summed E-state index contributed by atoms with van der Waals surface area (Å²) in [6, 6.07) is 10.3. The number of aromatic hydroxyl groups is 1. The van der Waals surface area contributed by atoms with E-state index in [1.807, 2.05) is 13.8 Å². The first kappa shape index (κ1) is 28.2. The molecule has 3 aliphatic heterocycles. The van der Waals surface area contributed by atoms with Crippen molar-refractivity contribution in [3.05, 3.63) is 82.2 Å². The maximum atomic E-state index is 14.3. The fourth-order valence-corrected chi connectivity index (χ4v) is 6.27. The molecule has 0 aliphatic carbocycles. The predicted molar refractivity (Wildman–Crippen MR) is 152 cm³/mol. The number of amides is 2. The molecule has 1 saturated heterocycles. The van der Waals surface area contributed by atoms with Gasteiger partial charge in [0.2, 0.25) is 5.91 Å². The number of anilines is 1. The van der Waals surface area contributed by atoms with Crippen LogP contribution in [0.1, 0.15) is 53.6 Å². The Morgan fingerprint density at radius 1 is 1.17 bits per heavy atom. The van der Waals surface area contributed by atoms with Crippen LogP contribution < -0.4 is 10.2 Å². The summed E-state index contributed by atoms with van der Waals surface area (Å²) in [6.07, 6.45) is 0.119. The van der Waals surface area contributed by atoms with Crippen molar-refractivity contribution in [1.29, 1.82) is 0 Å². The third-order valence-corrected chi connectivity index (χ3v) is 8.51. The highest BCUT2D eigenvalue weighted by molar-refractivity contribution is 5.99. The molecule has 2 atom stereocenters. The highest BCUT2D eigenvalue weighted by Crippen LogP contribution is 2.39. The lowest BCUT2D eigenvalue weighted by molar-refractivity contribution is -0.120. The van der Waals surface area contributed by atoms with Gasteiger partial charge in [0.05, 0.1) is 30.2 Å². The molecule has 0 radical (unpaired) electrons. The highest BCUT2D eigenvalue weighted by Gasteiger charge is 2.42. The van der Waals surface area contributed by atoms with E-state index in [-0.39, 0.29) is 42.6 Å². The van der Waals surface area contributed by atoms with Crippen LogP contribution in [0.15, 0.2) is 42.5 Å². The number of fused-ring (bicyclic) bond motifs is 2. The average Bonchev–Trinajstić information content (AvgIpc) is 3.40. The molecule has 6 rings (SSSR count). The molecule has 4 heterocycles. The van der Waals surface area contributed by atoms with Gasteiger partial charge < -0.3 is 20.2 Å². The highest BCUT2D eigenvalue weighted by atomic mass is 19.1. The number of nitrogens with zero attached hydrogens (tertiary/aromatic N) is 5. The van der Waals surface area contributed by atoms with Gasteiger partial charge >= 0.3 is 0 Å². The van der Waals surface area contributed by atoms with Crippen molar-refractivity contribution < 1.29 is 23.5 Å². The molecule has 0 saturated carbocycles. The van der Waals surface area contributed by atoms with E-state index < -0.39 is 17.0 Å². The van der Waals surface area contributed by atoms with Gasteiger partial charge in [0.25, 0.3) is 5.91 Å². The molecule has 11 heteroatoms. The van der Waals surface area contributed by atoms with Crippen LogP contribution in [0, 0.1) is 11.6 Å². The zero-order valence-corrected chi connectivity index (χ0v) is 23.9. The number of piperazine rings is 1. The summed E-state index contributed by atoms with van der Waals surface area (Å²) in [5.74, 6) is -1.40. The summed E-state index contributed by atoms with van der Waals surface area (Å²) in [7, 11) is 0. The molecule has 2 amide bonds. The Morgan fingerprint density at radius 3 is 2.74 bits per heavy atom. The van der Waals surface area contributed by atoms with Crippen LogP contribution in [-0.2, 0) is 23.2 Å². The van der Waals surface area contributed by atoms with E-state index in [9.17, 15) is 23.5 Å². The molecule has 0 unspecified atom stereocenters. The molecule has 42 heavy (non-hydrogen) atoms. The second-order valence-electron chi connectivity index (χ2n) is 12.2. The lowest BCUT2D eigenvalue weighted by Gasteiger charge is -2.41. The Bertz CT molecular complexity index is 1560. The second kappa shape index (κ2) is 10.7. The minimum absolute atomic E-state index is 0.0958. The van der Waals surface area contributed by atoms with Crippen molar-refractivity contribution >= 4 is 17.5 Å². The first-order valence-electron chi connectivity index (χ1n) is 14.2. The fourth-order valence-electron chi connectivity index (χ4n) is 6.27. The zero-order chi connectivity index (χ0) is 29.8. The Morgan fingerprint density at radius 2 is 1.98 bits per heavy atom. The Labute approximate surface area is 243 Å². The Kier molecular flexibility index (Phi) is 7.18. The average molecular weight is 577 g/mol. The third-order valence-electron chi connectivity index (χ3n) is 8.51. The number of phenolic OH excluding ortho intramolecular Hbond substituents is 1. The summed E-state index contributed by atoms with van der Waals surface area (Å²) in [5.41, 5.74) is 2.86. The molecule has 2 N–H and O–H groups in total. The Hall–Kier alpha value is -3.96. The van der Waals surface area contributed by atoms with Crippen molar-refractivity contribution in [2.75, 3.05) is 37.6 Å². The monoisotopic (exact) mass is 576 g/mol. The number of hydrogen-bond donors (Lipinski definition) is 2. The third kappa shape index (κ3) is 5.22. The minimum atomic E-state index is -0.653. The van der Waals surface area contributed by atoms with Gasteiger partial charge in [0.1, 0.15) is 17.4 Å². The molecule has 3 aliphatic rings. The molecule has 1 fully saturated rings. The van der Waals surface area contributed by atoms with Gasteiger partial charge in [-0.1, -0.05) is 26.0 Å². The van der Waals surface area contributed by atoms with Crippen LogP contribution in [0.25, 0.3) is 0 Å². The molecule has 2 aromatic carbocycles. The summed E-state index contributed by atoms with van der Waals surface area (Å²) in [6.45, 7) is 8.65. The number of aromatic nitrogens is 2. The number of phenols is 1. The SMILES string of the molecule is C[C@@H]1CN(CC(=O)N2CC(C)(C)c3nnc(Cc4ccc(F)cc4F)cc32)[C@@H](CN2Cc3c(O)cccc3C2=O)CN1. The van der Waals surface area contributed by atoms with E-state index in [0.717, 1.165) is 6.07 Å². The van der Waals surface area contributed by atoms with E-state index in [1.54, 1.807) is 34.1 Å². The maximum Gasteiger partial charge on any atom is 0.254 e. The lowest BCUT2D eigenvalue weighted by Crippen LogP contribution is -2.60. The molecule has 9 nitrogen and oxygen atoms in total. The van der Waals surface area contributed by atoms with Crippen molar-refractivity contribution in [3.63, 3.8) is 0 Å². The molecule has 0 spiro atoms. The first-order chi connectivity index (χ1) is 20.0. The zero-order valence-electron chi connectivity index (χ0n) is 23.9. The van der Waals surface area contributed by atoms with Crippen molar-refractivity contribution in [3.8, 4) is 5.75 Å². The van der Waals surface area contributed by atoms with Crippen molar-refractivity contribution in [2.24, 2.45) is 0 Å². The van der Waals surface area contributed by atoms with Gasteiger partial charge in [0.15, 0.2) is 0 Å². The van der Waals surface area contributed by atoms with E-state index >= 15 is 0 Å². The number of benzene rings is 2. The lowest BCUT2D eigenvalue weighted by atomic mass is 9.91. The van der Waals surface area contributed by atoms with Gasteiger partial charge in [-0.15, -0.1) is 0 Å². The summed E-state index contributed by atoms with van der Waals surface area (Å²) in [5, 5.41) is 22.5. The summed E-state index contributed by atoms with van der Waals surface area (Å²) >= 11 is 0. The van der Waals surface area contributed by atoms with Gasteiger partial charge in [-0.2, -0.15) is 10.2 Å². The van der Waals surface area contributed by atoms with E-state index in [4.69, 9.17) is 0 Å². The minimum Gasteiger partial charge on any atom is -0.508 e. The number of rotatable bonds is 6. The maximum absolute atomic E-state index is 14.3. The van der Waals surface area contributed by atoms with Crippen LogP contribution in [0.4, 0.5) is 14.5 Å². The van der Waals surface area contributed by atoms with E-state index in [0.29, 0.717) is 66.5 Å². The number of carbonyl (C=O) groups excluding carboxylic acids is 2. The molecular formula is C31H34F2N6O3. The Balaban J connectivity index is 1.20. The van der Waals surface area contributed by atoms with Crippen LogP contribution in [0.3, 0.4) is 0 Å². The van der Waals surface area contributed by atoms with Gasteiger partial charge in [-0.25, -0.2) is 8.78 Å². The summed E-state index contributed by atoms with van der Waals surface area (Å²) < 4.78 is 27.7. The fraction of sp³-hybridized carbons (Fsp3) is 0.419. The topological polar surface area (TPSA) is 102 Å². The van der Waals surface area contributed by atoms with Crippen molar-refractivity contribution in [1.82, 2.24) is 25.3 Å². The van der Waals surface area contributed by atoms with E-state index in [2.05, 4.69) is 27.3 Å². The van der Waals surface area contributed by atoms with Crippen LogP contribution in [-0.4, -0.2) is 81.7 Å². The number of halogens is 2. The van der Waals surface area contributed by atoms with Gasteiger partial charge in [-0.05, 0) is 36.8 Å². The smallest absolute Gasteiger partial charge is 0.254 e. The number of carbonyl (C=O) groups is 2. The first-order valence-corrected chi connectivity index (χ1v) is 14.2. The molecule has 1 aromatic heterocycles. The van der Waals surface area contributed by atoms with Crippen LogP contribution >= 0.6 is 0 Å². The molecule has 3 aromatic rings. The standard InChI is InChI=1S/C31H34F2N6O3/c1-18-13-37(22(12-34-18)14-38-15-24-23(30(38)42)5-4-6-27(24)40)16-28(41)39-17-31(2,3)29-26(39)11-21(35-36-29)9-19-7-8-20(32)10-25(19)33/h4-8,10-11,18,22,34,40H,9,12-17H2,1-3H3/t18-,22-/m1/s1. The largest absolute Gasteiger partial charge is 0.508 e. The molecule has 0 bridgehead atoms. The van der Waals surface area contributed by atoms with Gasteiger partial charge in [-0.3, -0.25) is 14.5 Å². The van der Waals surface area contributed by atoms with Gasteiger partial charge in [0, 0.05) is 67.3 Å². The van der Waals surface area contributed by atoms with Crippen LogP contribution in [0.2, 0.25) is 0 Å². The quantitative estimate of drug-likeness (QED) is 0.465. The summed E-state index contributed by atoms with van der Waals surface area (Å²) in [4.78, 5) is 32.6. The van der Waals surface area contributed by atoms with Crippen LogP contribution in [0.5, 0.6) is 5.75 Å². The predicted octanol–water partition coefficient (Wildman–Crippen LogP) is 2.99.